The van der Waals surface area contributed by atoms with Crippen LogP contribution in [0.1, 0.15) is 107 Å². The molecular formula is C28H44N2O4. The van der Waals surface area contributed by atoms with Gasteiger partial charge in [-0.1, -0.05) is 27.7 Å². The zero-order valence-corrected chi connectivity index (χ0v) is 22.4. The number of allylic oxidation sites excluding steroid dienone is 4. The minimum absolute atomic E-state index is 0.0442. The van der Waals surface area contributed by atoms with Gasteiger partial charge in [0, 0.05) is 49.2 Å². The van der Waals surface area contributed by atoms with Gasteiger partial charge in [-0.3, -0.25) is 19.6 Å². The lowest BCUT2D eigenvalue weighted by Crippen LogP contribution is -2.33. The van der Waals surface area contributed by atoms with Crippen LogP contribution in [0.25, 0.3) is 0 Å². The Labute approximate surface area is 205 Å². The van der Waals surface area contributed by atoms with Gasteiger partial charge in [0.05, 0.1) is 11.1 Å². The van der Waals surface area contributed by atoms with Crippen molar-refractivity contribution in [2.75, 3.05) is 0 Å². The molecule has 2 aliphatic carbocycles. The van der Waals surface area contributed by atoms with E-state index in [2.05, 4.69) is 37.7 Å². The normalized spacial score (nSPS) is 26.1. The molecule has 2 fully saturated rings. The molecule has 6 heteroatoms. The van der Waals surface area contributed by atoms with Gasteiger partial charge in [0.25, 0.3) is 0 Å². The molecule has 0 bridgehead atoms. The highest BCUT2D eigenvalue weighted by Gasteiger charge is 2.37. The molecule has 2 N–H and O–H groups in total. The Balaban J connectivity index is 2.14. The molecular weight excluding hydrogens is 428 g/mol. The average Bonchev–Trinajstić information content (AvgIpc) is 2.61. The molecule has 0 heterocycles. The second-order valence-corrected chi connectivity index (χ2v) is 12.1. The second-order valence-electron chi connectivity index (χ2n) is 12.1. The lowest BCUT2D eigenvalue weighted by molar-refractivity contribution is -0.118. The Morgan fingerprint density at radius 1 is 0.706 bits per heavy atom. The first-order chi connectivity index (χ1) is 15.6. The number of aliphatic hydroxyl groups excluding tert-OH is 2. The van der Waals surface area contributed by atoms with Crippen LogP contribution >= 0.6 is 0 Å². The van der Waals surface area contributed by atoms with E-state index < -0.39 is 0 Å². The molecule has 0 aliphatic heterocycles. The predicted octanol–water partition coefficient (Wildman–Crippen LogP) is 6.65. The molecule has 0 unspecified atom stereocenters. The van der Waals surface area contributed by atoms with E-state index in [1.807, 2.05) is 27.7 Å². The van der Waals surface area contributed by atoms with Gasteiger partial charge in [-0.05, 0) is 64.2 Å². The number of rotatable bonds is 7. The summed E-state index contributed by atoms with van der Waals surface area (Å²) in [6.45, 7) is 16.1. The number of ketones is 2. The van der Waals surface area contributed by atoms with Gasteiger partial charge in [0.15, 0.2) is 11.6 Å². The fraction of sp³-hybridized carbons (Fsp3) is 0.714. The molecule has 190 valence electrons. The molecule has 2 rings (SSSR count). The summed E-state index contributed by atoms with van der Waals surface area (Å²) >= 11 is 0. The van der Waals surface area contributed by atoms with Gasteiger partial charge in [-0.25, -0.2) is 0 Å². The van der Waals surface area contributed by atoms with Crippen molar-refractivity contribution in [1.29, 1.82) is 0 Å². The first-order valence-corrected chi connectivity index (χ1v) is 12.7. The number of nitrogens with zero attached hydrogens (tertiary/aromatic N) is 2. The number of Topliss-reactive ketones (excluding diaryl/α,β-unsaturated/α-hetero) is 2. The largest absolute Gasteiger partial charge is 0.511 e. The molecule has 0 amide bonds. The minimum atomic E-state index is -0.164. The highest BCUT2D eigenvalue weighted by molar-refractivity contribution is 6.25. The van der Waals surface area contributed by atoms with Gasteiger partial charge in [0.1, 0.15) is 11.5 Å². The molecule has 0 aromatic heterocycles. The monoisotopic (exact) mass is 472 g/mol. The van der Waals surface area contributed by atoms with E-state index in [1.165, 1.54) is 0 Å². The molecule has 0 saturated heterocycles. The van der Waals surface area contributed by atoms with Crippen molar-refractivity contribution in [2.45, 2.75) is 119 Å². The van der Waals surface area contributed by atoms with Crippen LogP contribution in [0, 0.1) is 10.8 Å². The summed E-state index contributed by atoms with van der Waals surface area (Å²) in [6, 6.07) is 0.0885. The number of unbranched alkanes of at least 4 members (excludes halogenated alkanes) is 1. The summed E-state index contributed by atoms with van der Waals surface area (Å²) in [6.07, 6.45) is 3.99. The first-order valence-electron chi connectivity index (χ1n) is 12.7. The van der Waals surface area contributed by atoms with Crippen LogP contribution in [0.4, 0.5) is 0 Å². The Bertz CT molecular complexity index is 854. The second kappa shape index (κ2) is 11.0. The van der Waals surface area contributed by atoms with Gasteiger partial charge in [-0.2, -0.15) is 0 Å². The van der Waals surface area contributed by atoms with E-state index in [0.29, 0.717) is 73.9 Å². The molecule has 0 radical (unpaired) electrons. The fourth-order valence-electron chi connectivity index (χ4n) is 4.91. The van der Waals surface area contributed by atoms with Crippen molar-refractivity contribution in [3.05, 3.63) is 22.7 Å². The molecule has 0 aromatic carbocycles. The summed E-state index contributed by atoms with van der Waals surface area (Å²) in [5.41, 5.74) is 1.83. The van der Waals surface area contributed by atoms with Gasteiger partial charge < -0.3 is 10.2 Å². The van der Waals surface area contributed by atoms with Crippen molar-refractivity contribution < 1.29 is 19.8 Å². The topological polar surface area (TPSA) is 99.3 Å². The van der Waals surface area contributed by atoms with E-state index in [0.717, 1.165) is 0 Å². The number of aliphatic hydroxyl groups is 2. The van der Waals surface area contributed by atoms with E-state index in [4.69, 9.17) is 0 Å². The maximum absolute atomic E-state index is 12.8. The van der Waals surface area contributed by atoms with Gasteiger partial charge >= 0.3 is 0 Å². The van der Waals surface area contributed by atoms with Crippen molar-refractivity contribution in [3.8, 4) is 0 Å². The van der Waals surface area contributed by atoms with Crippen LogP contribution < -0.4 is 0 Å². The van der Waals surface area contributed by atoms with E-state index >= 15 is 0 Å². The fourth-order valence-corrected chi connectivity index (χ4v) is 4.91. The summed E-state index contributed by atoms with van der Waals surface area (Å²) in [4.78, 5) is 34.9. The smallest absolute Gasteiger partial charge is 0.168 e. The van der Waals surface area contributed by atoms with Crippen molar-refractivity contribution in [1.82, 2.24) is 0 Å². The predicted molar refractivity (Wildman–Crippen MR) is 139 cm³/mol. The van der Waals surface area contributed by atoms with Crippen LogP contribution in [0.3, 0.4) is 0 Å². The van der Waals surface area contributed by atoms with Crippen LogP contribution in [0.5, 0.6) is 0 Å². The Morgan fingerprint density at radius 3 is 1.32 bits per heavy atom. The van der Waals surface area contributed by atoms with E-state index in [9.17, 15) is 19.8 Å². The van der Waals surface area contributed by atoms with Crippen molar-refractivity contribution in [3.63, 3.8) is 0 Å². The number of hydrogen-bond acceptors (Lipinski definition) is 6. The standard InChI is InChI=1S/C28H44N2O4/c1-17(2)29-19-13-27(5,6)15-23(33)25(19)21(31)11-9-10-12-22(32)26-20(30-18(3)4)14-28(7,8)16-24(26)34/h17-18,31-32H,9-16H2,1-8H3/b25-21+,26-22+,29-19?,30-20?. The lowest BCUT2D eigenvalue weighted by Gasteiger charge is -2.32. The van der Waals surface area contributed by atoms with Crippen LogP contribution in [-0.4, -0.2) is 45.3 Å². The zero-order chi connectivity index (χ0) is 25.8. The molecule has 2 saturated carbocycles. The average molecular weight is 473 g/mol. The summed E-state index contributed by atoms with van der Waals surface area (Å²) in [5.74, 6) is 0.0698. The third-order valence-electron chi connectivity index (χ3n) is 6.19. The SMILES string of the molecule is CC(C)N=C1CC(C)(C)CC(=O)/C1=C(/O)CCCC/C(O)=C1\C(=O)CC(C)(C)CC1=NC(C)C. The summed E-state index contributed by atoms with van der Waals surface area (Å²) in [7, 11) is 0. The Morgan fingerprint density at radius 2 is 1.03 bits per heavy atom. The first kappa shape index (κ1) is 28.0. The number of hydrogen-bond donors (Lipinski definition) is 2. The van der Waals surface area contributed by atoms with Crippen LogP contribution in [0.15, 0.2) is 32.6 Å². The molecule has 6 nitrogen and oxygen atoms in total. The van der Waals surface area contributed by atoms with Crippen LogP contribution in [0.2, 0.25) is 0 Å². The van der Waals surface area contributed by atoms with Crippen molar-refractivity contribution >= 4 is 23.0 Å². The quantitative estimate of drug-likeness (QED) is 0.246. The highest BCUT2D eigenvalue weighted by atomic mass is 16.3. The number of aliphatic imine (C=N–C) groups is 2. The maximum atomic E-state index is 12.8. The third kappa shape index (κ3) is 7.64. The maximum Gasteiger partial charge on any atom is 0.168 e. The lowest BCUT2D eigenvalue weighted by atomic mass is 9.73. The van der Waals surface area contributed by atoms with Gasteiger partial charge in [0.2, 0.25) is 0 Å². The summed E-state index contributed by atoms with van der Waals surface area (Å²) < 4.78 is 0. The zero-order valence-electron chi connectivity index (χ0n) is 22.4. The summed E-state index contributed by atoms with van der Waals surface area (Å²) in [5, 5.41) is 21.6. The molecule has 0 atom stereocenters. The Kier molecular flexibility index (Phi) is 9.06. The highest BCUT2D eigenvalue weighted by Crippen LogP contribution is 2.37. The minimum Gasteiger partial charge on any atom is -0.511 e. The number of carbonyl (C=O) groups excluding carboxylic acids is 2. The van der Waals surface area contributed by atoms with Gasteiger partial charge in [-0.15, -0.1) is 0 Å². The van der Waals surface area contributed by atoms with Crippen LogP contribution in [-0.2, 0) is 9.59 Å². The Hall–Kier alpha value is -2.24. The third-order valence-corrected chi connectivity index (χ3v) is 6.19. The van der Waals surface area contributed by atoms with E-state index in [1.54, 1.807) is 0 Å². The molecule has 34 heavy (non-hydrogen) atoms. The van der Waals surface area contributed by atoms with E-state index in [-0.39, 0.29) is 46.0 Å². The molecule has 0 spiro atoms. The number of carbonyl (C=O) groups is 2. The molecule has 0 aromatic rings. The van der Waals surface area contributed by atoms with Crippen molar-refractivity contribution in [2.24, 2.45) is 20.8 Å². The molecule has 2 aliphatic rings.